The van der Waals surface area contributed by atoms with Crippen LogP contribution in [-0.2, 0) is 12.8 Å². The first-order chi connectivity index (χ1) is 16.1. The molecule has 2 heterocycles. The average molecular weight is 463 g/mol. The van der Waals surface area contributed by atoms with Crippen LogP contribution in [0.1, 0.15) is 53.8 Å². The first-order valence-corrected chi connectivity index (χ1v) is 12.0. The molecule has 0 atom stereocenters. The van der Waals surface area contributed by atoms with E-state index in [1.165, 1.54) is 32.1 Å². The molecule has 1 aliphatic rings. The standard InChI is InChI=1S/C26H27ClN4O2/c27-20-15-22-21(14-19(20)25(32)28-12-11-17-7-3-1-4-8-17)30-26(33)23-16-29-24(31(22)23)13-18-9-5-2-6-10-18/h1,3-4,7-8,14-16,18H,2,5-6,9-13H2,(H,28,32)(H,30,33). The van der Waals surface area contributed by atoms with Gasteiger partial charge in [0.25, 0.3) is 11.5 Å². The van der Waals surface area contributed by atoms with E-state index in [2.05, 4.69) is 15.3 Å². The number of hydrogen-bond donors (Lipinski definition) is 2. The Morgan fingerprint density at radius 3 is 2.70 bits per heavy atom. The van der Waals surface area contributed by atoms with Crippen molar-refractivity contribution in [1.29, 1.82) is 0 Å². The highest BCUT2D eigenvalue weighted by atomic mass is 35.5. The van der Waals surface area contributed by atoms with Gasteiger partial charge in [-0.25, -0.2) is 4.98 Å². The summed E-state index contributed by atoms with van der Waals surface area (Å²) in [6, 6.07) is 13.4. The van der Waals surface area contributed by atoms with Crippen LogP contribution in [0, 0.1) is 5.92 Å². The SMILES string of the molecule is O=C(NCCc1ccccc1)c1cc2[nH]c(=O)c3cnc(CC4CCCCC4)n3c2cc1Cl. The van der Waals surface area contributed by atoms with Crippen molar-refractivity contribution in [3.63, 3.8) is 0 Å². The van der Waals surface area contributed by atoms with Crippen LogP contribution in [0.4, 0.5) is 0 Å². The van der Waals surface area contributed by atoms with E-state index in [1.807, 2.05) is 34.7 Å². The van der Waals surface area contributed by atoms with Crippen LogP contribution in [0.5, 0.6) is 0 Å². The fourth-order valence-electron chi connectivity index (χ4n) is 4.88. The molecule has 33 heavy (non-hydrogen) atoms. The summed E-state index contributed by atoms with van der Waals surface area (Å²) in [5.74, 6) is 1.21. The van der Waals surface area contributed by atoms with E-state index < -0.39 is 0 Å². The summed E-state index contributed by atoms with van der Waals surface area (Å²) >= 11 is 6.56. The van der Waals surface area contributed by atoms with Gasteiger partial charge in [-0.1, -0.05) is 74.0 Å². The van der Waals surface area contributed by atoms with Gasteiger partial charge in [0, 0.05) is 13.0 Å². The Balaban J connectivity index is 1.44. The van der Waals surface area contributed by atoms with Gasteiger partial charge in [0.2, 0.25) is 0 Å². The van der Waals surface area contributed by atoms with Gasteiger partial charge in [-0.05, 0) is 30.0 Å². The number of fused-ring (bicyclic) bond motifs is 3. The second kappa shape index (κ2) is 9.40. The summed E-state index contributed by atoms with van der Waals surface area (Å²) in [4.78, 5) is 33.0. The fourth-order valence-corrected chi connectivity index (χ4v) is 5.12. The molecule has 0 saturated heterocycles. The number of benzene rings is 2. The minimum Gasteiger partial charge on any atom is -0.352 e. The quantitative estimate of drug-likeness (QED) is 0.426. The van der Waals surface area contributed by atoms with Crippen LogP contribution in [0.3, 0.4) is 0 Å². The Morgan fingerprint density at radius 1 is 1.12 bits per heavy atom. The maximum atomic E-state index is 12.8. The molecular weight excluding hydrogens is 436 g/mol. The van der Waals surface area contributed by atoms with Crippen molar-refractivity contribution in [1.82, 2.24) is 19.7 Å². The number of H-pyrrole nitrogens is 1. The highest BCUT2D eigenvalue weighted by molar-refractivity contribution is 6.34. The molecule has 2 aromatic heterocycles. The van der Waals surface area contributed by atoms with Crippen molar-refractivity contribution in [2.45, 2.75) is 44.9 Å². The van der Waals surface area contributed by atoms with E-state index in [0.29, 0.717) is 34.1 Å². The first-order valence-electron chi connectivity index (χ1n) is 11.6. The monoisotopic (exact) mass is 462 g/mol. The molecule has 170 valence electrons. The molecule has 6 nitrogen and oxygen atoms in total. The third-order valence-corrected chi connectivity index (χ3v) is 6.94. The summed E-state index contributed by atoms with van der Waals surface area (Å²) < 4.78 is 1.91. The zero-order chi connectivity index (χ0) is 22.8. The van der Waals surface area contributed by atoms with Crippen molar-refractivity contribution in [3.8, 4) is 0 Å². The Bertz CT molecular complexity index is 1350. The van der Waals surface area contributed by atoms with Crippen LogP contribution < -0.4 is 10.9 Å². The number of halogens is 1. The Labute approximate surface area is 197 Å². The van der Waals surface area contributed by atoms with Crippen molar-refractivity contribution < 1.29 is 4.79 Å². The van der Waals surface area contributed by atoms with Gasteiger partial charge in [0.05, 0.1) is 27.8 Å². The van der Waals surface area contributed by atoms with Crippen LogP contribution in [0.15, 0.2) is 53.5 Å². The van der Waals surface area contributed by atoms with Crippen LogP contribution in [-0.4, -0.2) is 26.8 Å². The Morgan fingerprint density at radius 2 is 1.91 bits per heavy atom. The first kappa shape index (κ1) is 21.7. The summed E-state index contributed by atoms with van der Waals surface area (Å²) in [6.45, 7) is 0.500. The number of aromatic amines is 1. The van der Waals surface area contributed by atoms with Gasteiger partial charge < -0.3 is 10.3 Å². The third kappa shape index (κ3) is 4.53. The highest BCUT2D eigenvalue weighted by Gasteiger charge is 2.20. The average Bonchev–Trinajstić information content (AvgIpc) is 3.25. The lowest BCUT2D eigenvalue weighted by molar-refractivity contribution is 0.0954. The fraction of sp³-hybridized carbons (Fsp3) is 0.346. The molecule has 5 rings (SSSR count). The molecule has 4 aromatic rings. The van der Waals surface area contributed by atoms with Crippen LogP contribution >= 0.6 is 11.6 Å². The molecular formula is C26H27ClN4O2. The smallest absolute Gasteiger partial charge is 0.274 e. The Hall–Kier alpha value is -3.12. The molecule has 1 fully saturated rings. The van der Waals surface area contributed by atoms with Crippen molar-refractivity contribution >= 4 is 34.1 Å². The number of aromatic nitrogens is 3. The summed E-state index contributed by atoms with van der Waals surface area (Å²) in [5, 5.41) is 3.28. The second-order valence-electron chi connectivity index (χ2n) is 8.90. The largest absolute Gasteiger partial charge is 0.352 e. The van der Waals surface area contributed by atoms with Gasteiger partial charge in [0.1, 0.15) is 11.3 Å². The number of carbonyl (C=O) groups is 1. The van der Waals surface area contributed by atoms with Crippen molar-refractivity contribution in [2.75, 3.05) is 6.54 Å². The topological polar surface area (TPSA) is 79.3 Å². The molecule has 0 bridgehead atoms. The maximum absolute atomic E-state index is 12.8. The molecule has 0 unspecified atom stereocenters. The van der Waals surface area contributed by atoms with Crippen LogP contribution in [0.2, 0.25) is 5.02 Å². The third-order valence-electron chi connectivity index (χ3n) is 6.62. The number of carbonyl (C=O) groups excluding carboxylic acids is 1. The summed E-state index contributed by atoms with van der Waals surface area (Å²) in [7, 11) is 0. The van der Waals surface area contributed by atoms with E-state index in [4.69, 9.17) is 11.6 Å². The number of nitrogens with zero attached hydrogens (tertiary/aromatic N) is 2. The van der Waals surface area contributed by atoms with Gasteiger partial charge >= 0.3 is 0 Å². The van der Waals surface area contributed by atoms with Gasteiger partial charge in [-0.3, -0.25) is 14.0 Å². The zero-order valence-corrected chi connectivity index (χ0v) is 19.2. The molecule has 1 amide bonds. The predicted octanol–water partition coefficient (Wildman–Crippen LogP) is 4.92. The summed E-state index contributed by atoms with van der Waals surface area (Å²) in [6.07, 6.45) is 9.41. The molecule has 2 N–H and O–H groups in total. The normalized spacial score (nSPS) is 14.7. The van der Waals surface area contributed by atoms with Crippen molar-refractivity contribution in [2.24, 2.45) is 5.92 Å². The van der Waals surface area contributed by atoms with Gasteiger partial charge in [-0.15, -0.1) is 0 Å². The van der Waals surface area contributed by atoms with E-state index in [0.717, 1.165) is 29.7 Å². The molecule has 0 radical (unpaired) electrons. The number of rotatable bonds is 6. The van der Waals surface area contributed by atoms with E-state index in [1.54, 1.807) is 18.3 Å². The van der Waals surface area contributed by atoms with Crippen LogP contribution in [0.25, 0.3) is 16.6 Å². The maximum Gasteiger partial charge on any atom is 0.274 e. The van der Waals surface area contributed by atoms with Crippen molar-refractivity contribution in [3.05, 3.63) is 81.0 Å². The lowest BCUT2D eigenvalue weighted by atomic mass is 9.87. The number of nitrogens with one attached hydrogen (secondary N) is 2. The van der Waals surface area contributed by atoms with Gasteiger partial charge in [-0.2, -0.15) is 0 Å². The molecule has 1 saturated carbocycles. The van der Waals surface area contributed by atoms with E-state index in [-0.39, 0.29) is 11.5 Å². The number of amides is 1. The van der Waals surface area contributed by atoms with E-state index in [9.17, 15) is 9.59 Å². The lowest BCUT2D eigenvalue weighted by Crippen LogP contribution is -2.26. The molecule has 0 aliphatic heterocycles. The molecule has 1 aliphatic carbocycles. The van der Waals surface area contributed by atoms with E-state index >= 15 is 0 Å². The molecule has 0 spiro atoms. The Kier molecular flexibility index (Phi) is 6.18. The highest BCUT2D eigenvalue weighted by Crippen LogP contribution is 2.28. The minimum absolute atomic E-state index is 0.220. The molecule has 2 aromatic carbocycles. The summed E-state index contributed by atoms with van der Waals surface area (Å²) in [5.41, 5.74) is 3.12. The lowest BCUT2D eigenvalue weighted by Gasteiger charge is -2.21. The predicted molar refractivity (Wildman–Crippen MR) is 131 cm³/mol. The number of hydrogen-bond acceptors (Lipinski definition) is 3. The second-order valence-corrected chi connectivity index (χ2v) is 9.31. The molecule has 7 heteroatoms. The van der Waals surface area contributed by atoms with Gasteiger partial charge in [0.15, 0.2) is 0 Å². The zero-order valence-electron chi connectivity index (χ0n) is 18.4. The minimum atomic E-state index is -0.258. The number of imidazole rings is 1.